The molecule has 36 heavy (non-hydrogen) atoms. The molecule has 2 unspecified atom stereocenters. The van der Waals surface area contributed by atoms with Crippen molar-refractivity contribution < 1.29 is 19.4 Å². The van der Waals surface area contributed by atoms with Crippen molar-refractivity contribution in [2.24, 2.45) is 5.92 Å². The van der Waals surface area contributed by atoms with Crippen LogP contribution < -0.4 is 14.8 Å². The molecule has 0 saturated carbocycles. The normalized spacial score (nSPS) is 16.1. The van der Waals surface area contributed by atoms with E-state index in [9.17, 15) is 9.90 Å². The Morgan fingerprint density at radius 3 is 2.61 bits per heavy atom. The van der Waals surface area contributed by atoms with Crippen molar-refractivity contribution in [3.63, 3.8) is 0 Å². The molecule has 7 nitrogen and oxygen atoms in total. The van der Waals surface area contributed by atoms with Gasteiger partial charge in [-0.3, -0.25) is 4.79 Å². The molecule has 1 aliphatic heterocycles. The van der Waals surface area contributed by atoms with Crippen LogP contribution in [-0.4, -0.2) is 54.8 Å². The molecule has 0 aromatic heterocycles. The zero-order valence-corrected chi connectivity index (χ0v) is 22.9. The summed E-state index contributed by atoms with van der Waals surface area (Å²) in [5.41, 5.74) is 2.74. The number of amides is 1. The van der Waals surface area contributed by atoms with Gasteiger partial charge in [-0.15, -0.1) is 0 Å². The highest BCUT2D eigenvalue weighted by atomic mass is 35.5. The number of hydrogen-bond donors (Lipinski definition) is 1. The van der Waals surface area contributed by atoms with Gasteiger partial charge in [0.25, 0.3) is 0 Å². The predicted octanol–water partition coefficient (Wildman–Crippen LogP) is 5.44. The fourth-order valence-electron chi connectivity index (χ4n) is 4.33. The Balaban J connectivity index is 1.52. The molecule has 3 rings (SSSR count). The summed E-state index contributed by atoms with van der Waals surface area (Å²) in [5.74, 6) is 1.42. The smallest absolute Gasteiger partial charge is 0.241 e. The number of benzene rings is 2. The minimum absolute atomic E-state index is 0.115. The molecule has 2 aromatic rings. The molecule has 2 atom stereocenters. The van der Waals surface area contributed by atoms with Crippen LogP contribution >= 0.6 is 23.2 Å². The van der Waals surface area contributed by atoms with E-state index in [4.69, 9.17) is 32.7 Å². The lowest BCUT2D eigenvalue weighted by atomic mass is 9.96. The molecule has 0 spiro atoms. The Morgan fingerprint density at radius 1 is 1.17 bits per heavy atom. The van der Waals surface area contributed by atoms with Crippen molar-refractivity contribution in [1.29, 1.82) is 0 Å². The molecular formula is C27H34Cl2N3O4. The summed E-state index contributed by atoms with van der Waals surface area (Å²) in [5, 5.41) is 15.7. The maximum absolute atomic E-state index is 12.6. The lowest BCUT2D eigenvalue weighted by molar-refractivity contribution is -0.122. The summed E-state index contributed by atoms with van der Waals surface area (Å²) in [4.78, 5) is 16.8. The van der Waals surface area contributed by atoms with Crippen molar-refractivity contribution in [2.45, 2.75) is 45.8 Å². The van der Waals surface area contributed by atoms with E-state index in [1.54, 1.807) is 32.4 Å². The van der Waals surface area contributed by atoms with E-state index in [1.807, 2.05) is 32.3 Å². The van der Waals surface area contributed by atoms with Gasteiger partial charge < -0.3 is 24.4 Å². The third kappa shape index (κ3) is 6.71. The highest BCUT2D eigenvalue weighted by molar-refractivity contribution is 6.33. The van der Waals surface area contributed by atoms with Gasteiger partial charge in [0.2, 0.25) is 5.91 Å². The predicted molar refractivity (Wildman–Crippen MR) is 143 cm³/mol. The van der Waals surface area contributed by atoms with Crippen LogP contribution in [-0.2, 0) is 17.8 Å². The quantitative estimate of drug-likeness (QED) is 0.413. The topological polar surface area (TPSA) is 76.3 Å². The van der Waals surface area contributed by atoms with Crippen LogP contribution in [0.2, 0.25) is 10.0 Å². The van der Waals surface area contributed by atoms with E-state index >= 15 is 0 Å². The van der Waals surface area contributed by atoms with E-state index in [0.717, 1.165) is 23.2 Å². The number of nitrogens with zero attached hydrogens (tertiary/aromatic N) is 3. The van der Waals surface area contributed by atoms with Gasteiger partial charge >= 0.3 is 0 Å². The van der Waals surface area contributed by atoms with E-state index in [2.05, 4.69) is 22.0 Å². The van der Waals surface area contributed by atoms with Gasteiger partial charge in [-0.25, -0.2) is 5.32 Å². The molecule has 0 saturated heterocycles. The Bertz CT molecular complexity index is 1110. The second-order valence-electron chi connectivity index (χ2n) is 9.16. The number of likely N-dealkylation sites (N-methyl/N-ethyl adjacent to an activating group) is 1. The number of rotatable bonds is 11. The maximum atomic E-state index is 12.6. The van der Waals surface area contributed by atoms with Gasteiger partial charge in [0.15, 0.2) is 11.5 Å². The average molecular weight is 535 g/mol. The third-order valence-electron chi connectivity index (χ3n) is 6.55. The second kappa shape index (κ2) is 12.5. The zero-order chi connectivity index (χ0) is 26.4. The van der Waals surface area contributed by atoms with Crippen LogP contribution in [0.15, 0.2) is 42.2 Å². The van der Waals surface area contributed by atoms with Crippen LogP contribution in [0.25, 0.3) is 0 Å². The fraction of sp³-hybridized carbons (Fsp3) is 0.444. The lowest BCUT2D eigenvalue weighted by Crippen LogP contribution is -2.43. The molecule has 0 fully saturated rings. The van der Waals surface area contributed by atoms with E-state index in [0.29, 0.717) is 47.5 Å². The minimum Gasteiger partial charge on any atom is -0.508 e. The van der Waals surface area contributed by atoms with Crippen molar-refractivity contribution in [3.05, 3.63) is 63.4 Å². The molecule has 1 radical (unpaired) electrons. The zero-order valence-electron chi connectivity index (χ0n) is 21.4. The minimum atomic E-state index is -0.122. The fourth-order valence-corrected chi connectivity index (χ4v) is 4.83. The Morgan fingerprint density at radius 2 is 1.92 bits per heavy atom. The Kier molecular flexibility index (Phi) is 9.63. The van der Waals surface area contributed by atoms with Crippen molar-refractivity contribution in [2.75, 3.05) is 27.8 Å². The number of aromatic hydroxyl groups is 1. The van der Waals surface area contributed by atoms with Gasteiger partial charge in [0.05, 0.1) is 25.8 Å². The third-order valence-corrected chi connectivity index (χ3v) is 7.20. The maximum Gasteiger partial charge on any atom is 0.241 e. The lowest BCUT2D eigenvalue weighted by Gasteiger charge is -2.31. The molecule has 1 aliphatic rings. The number of methoxy groups -OCH3 is 2. The first-order chi connectivity index (χ1) is 17.1. The summed E-state index contributed by atoms with van der Waals surface area (Å²) in [7, 11) is 5.12. The van der Waals surface area contributed by atoms with Crippen molar-refractivity contribution in [1.82, 2.24) is 15.1 Å². The van der Waals surface area contributed by atoms with Crippen LogP contribution in [0.5, 0.6) is 17.2 Å². The SMILES string of the molecule is COc1ccc(CC(C)CCC(=O)[N]CC2N(Cc3cc(Cl)ccc3O)C=C(C)N2C)c(Cl)c1OC. The monoisotopic (exact) mass is 534 g/mol. The molecule has 0 aliphatic carbocycles. The number of phenolic OH excluding ortho intramolecular Hbond substituents is 1. The number of phenols is 1. The highest BCUT2D eigenvalue weighted by Crippen LogP contribution is 2.38. The van der Waals surface area contributed by atoms with Gasteiger partial charge in [0.1, 0.15) is 11.9 Å². The summed E-state index contributed by atoms with van der Waals surface area (Å²) < 4.78 is 10.7. The number of hydrogen-bond acceptors (Lipinski definition) is 6. The first kappa shape index (κ1) is 27.8. The Hall–Kier alpha value is -2.77. The van der Waals surface area contributed by atoms with Gasteiger partial charge in [-0.2, -0.15) is 0 Å². The largest absolute Gasteiger partial charge is 0.508 e. The summed E-state index contributed by atoms with van der Waals surface area (Å²) in [6.45, 7) is 4.90. The van der Waals surface area contributed by atoms with Crippen LogP contribution in [0.3, 0.4) is 0 Å². The second-order valence-corrected chi connectivity index (χ2v) is 9.98. The highest BCUT2D eigenvalue weighted by Gasteiger charge is 2.29. The van der Waals surface area contributed by atoms with Gasteiger partial charge in [-0.05, 0) is 55.5 Å². The standard InChI is InChI=1S/C27H34Cl2N3O4/c1-17(12-19-7-10-23(35-4)27(36-5)26(19)29)6-11-24(34)30-14-25-31(3)18(2)15-32(25)16-20-13-21(28)8-9-22(20)33/h7-10,13,15,17,25,33H,6,11-12,14,16H2,1-5H3. The molecule has 195 valence electrons. The van der Waals surface area contributed by atoms with E-state index < -0.39 is 0 Å². The summed E-state index contributed by atoms with van der Waals surface area (Å²) in [6, 6.07) is 8.78. The number of ether oxygens (including phenoxy) is 2. The van der Waals surface area contributed by atoms with Crippen LogP contribution in [0, 0.1) is 5.92 Å². The number of carbonyl (C=O) groups excluding carboxylic acids is 1. The molecule has 1 amide bonds. The molecular weight excluding hydrogens is 501 g/mol. The van der Waals surface area contributed by atoms with E-state index in [1.165, 1.54) is 0 Å². The van der Waals surface area contributed by atoms with Crippen molar-refractivity contribution >= 4 is 29.1 Å². The summed E-state index contributed by atoms with van der Waals surface area (Å²) in [6.07, 6.45) is 3.68. The van der Waals surface area contributed by atoms with Crippen LogP contribution in [0.1, 0.15) is 37.8 Å². The first-order valence-corrected chi connectivity index (χ1v) is 12.6. The molecule has 1 heterocycles. The van der Waals surface area contributed by atoms with Gasteiger partial charge in [-0.1, -0.05) is 36.2 Å². The van der Waals surface area contributed by atoms with Gasteiger partial charge in [0, 0.05) is 42.5 Å². The average Bonchev–Trinajstić information content (AvgIpc) is 3.11. The molecule has 1 N–H and O–H groups in total. The number of carbonyl (C=O) groups is 1. The molecule has 2 aromatic carbocycles. The van der Waals surface area contributed by atoms with E-state index in [-0.39, 0.29) is 23.7 Å². The van der Waals surface area contributed by atoms with Crippen molar-refractivity contribution in [3.8, 4) is 17.2 Å². The molecule has 9 heteroatoms. The van der Waals surface area contributed by atoms with Crippen LogP contribution in [0.4, 0.5) is 0 Å². The molecule has 0 bridgehead atoms. The Labute approximate surface area is 223 Å². The number of halogens is 2. The first-order valence-electron chi connectivity index (χ1n) is 11.9. The number of allylic oxidation sites excluding steroid dienone is 1. The summed E-state index contributed by atoms with van der Waals surface area (Å²) >= 11 is 12.6.